The Morgan fingerprint density at radius 2 is 2.00 bits per heavy atom. The first-order chi connectivity index (χ1) is 11.0. The highest BCUT2D eigenvalue weighted by atomic mass is 79.9. The first-order valence-corrected chi connectivity index (χ1v) is 8.38. The minimum absolute atomic E-state index is 0.696. The summed E-state index contributed by atoms with van der Waals surface area (Å²) in [7, 11) is 1.97. The number of nitrogens with one attached hydrogen (secondary N) is 1. The van der Waals surface area contributed by atoms with Gasteiger partial charge in [0.1, 0.15) is 11.5 Å². The van der Waals surface area contributed by atoms with Gasteiger partial charge in [0.2, 0.25) is 0 Å². The summed E-state index contributed by atoms with van der Waals surface area (Å²) in [6.45, 7) is 5.62. The maximum Gasteiger partial charge on any atom is 0.134 e. The van der Waals surface area contributed by atoms with Crippen LogP contribution in [-0.2, 0) is 20.1 Å². The van der Waals surface area contributed by atoms with Crippen LogP contribution in [0.2, 0.25) is 0 Å². The summed E-state index contributed by atoms with van der Waals surface area (Å²) >= 11 is 3.49. The Morgan fingerprint density at radius 3 is 2.70 bits per heavy atom. The lowest BCUT2D eigenvalue weighted by molar-refractivity contribution is 0.493. The van der Waals surface area contributed by atoms with Crippen molar-refractivity contribution in [3.63, 3.8) is 0 Å². The minimum atomic E-state index is 0.696. The lowest BCUT2D eigenvalue weighted by Gasteiger charge is -2.04. The largest absolute Gasteiger partial charge is 0.460 e. The molecular formula is C18H20BrN3O. The maximum atomic E-state index is 5.92. The van der Waals surface area contributed by atoms with Crippen molar-refractivity contribution < 1.29 is 4.42 Å². The minimum Gasteiger partial charge on any atom is -0.460 e. The number of furan rings is 1. The standard InChI is InChI=1S/C18H20BrN3O/c1-12-17(13(2)22(3)21-12)11-20-10-16-7-8-18(23-16)14-5-4-6-15(19)9-14/h4-9,20H,10-11H2,1-3H3. The van der Waals surface area contributed by atoms with E-state index in [-0.39, 0.29) is 0 Å². The van der Waals surface area contributed by atoms with E-state index >= 15 is 0 Å². The summed E-state index contributed by atoms with van der Waals surface area (Å²) in [6.07, 6.45) is 0. The van der Waals surface area contributed by atoms with Crippen LogP contribution in [0.15, 0.2) is 45.3 Å². The monoisotopic (exact) mass is 373 g/mol. The van der Waals surface area contributed by atoms with E-state index in [1.165, 1.54) is 11.3 Å². The molecule has 0 saturated carbocycles. The molecule has 0 aliphatic rings. The molecule has 1 N–H and O–H groups in total. The molecule has 5 heteroatoms. The Labute approximate surface area is 144 Å². The van der Waals surface area contributed by atoms with E-state index in [9.17, 15) is 0 Å². The van der Waals surface area contributed by atoms with Gasteiger partial charge in [-0.25, -0.2) is 0 Å². The smallest absolute Gasteiger partial charge is 0.134 e. The molecule has 23 heavy (non-hydrogen) atoms. The van der Waals surface area contributed by atoms with Crippen molar-refractivity contribution in [3.8, 4) is 11.3 Å². The zero-order valence-corrected chi connectivity index (χ0v) is 15.1. The van der Waals surface area contributed by atoms with Crippen molar-refractivity contribution in [2.45, 2.75) is 26.9 Å². The van der Waals surface area contributed by atoms with Crippen molar-refractivity contribution >= 4 is 15.9 Å². The summed E-state index contributed by atoms with van der Waals surface area (Å²) in [4.78, 5) is 0. The lowest BCUT2D eigenvalue weighted by Crippen LogP contribution is -2.13. The van der Waals surface area contributed by atoms with E-state index in [1.54, 1.807) is 0 Å². The number of aryl methyl sites for hydroxylation is 2. The Morgan fingerprint density at radius 1 is 1.17 bits per heavy atom. The molecule has 0 aliphatic heterocycles. The van der Waals surface area contributed by atoms with Gasteiger partial charge in [-0.15, -0.1) is 0 Å². The topological polar surface area (TPSA) is 43.0 Å². The second kappa shape index (κ2) is 6.72. The van der Waals surface area contributed by atoms with Crippen LogP contribution in [0.25, 0.3) is 11.3 Å². The fraction of sp³-hybridized carbons (Fsp3) is 0.278. The molecule has 0 fully saturated rings. The Hall–Kier alpha value is -1.85. The quantitative estimate of drug-likeness (QED) is 0.722. The fourth-order valence-electron chi connectivity index (χ4n) is 2.65. The van der Waals surface area contributed by atoms with Gasteiger partial charge in [0, 0.05) is 34.9 Å². The summed E-state index contributed by atoms with van der Waals surface area (Å²) in [6, 6.07) is 12.1. The second-order valence-electron chi connectivity index (χ2n) is 5.65. The van der Waals surface area contributed by atoms with E-state index < -0.39 is 0 Å². The average Bonchev–Trinajstić information content (AvgIpc) is 3.08. The number of nitrogens with zero attached hydrogens (tertiary/aromatic N) is 2. The summed E-state index contributed by atoms with van der Waals surface area (Å²) in [5, 5.41) is 7.87. The normalized spacial score (nSPS) is 11.1. The van der Waals surface area contributed by atoms with E-state index in [1.807, 2.05) is 49.0 Å². The van der Waals surface area contributed by atoms with Crippen molar-refractivity contribution in [1.82, 2.24) is 15.1 Å². The van der Waals surface area contributed by atoms with Crippen molar-refractivity contribution in [1.29, 1.82) is 0 Å². The second-order valence-corrected chi connectivity index (χ2v) is 6.57. The molecule has 0 saturated heterocycles. The van der Waals surface area contributed by atoms with Gasteiger partial charge < -0.3 is 9.73 Å². The van der Waals surface area contributed by atoms with Crippen LogP contribution in [0.1, 0.15) is 22.7 Å². The van der Waals surface area contributed by atoms with Crippen molar-refractivity contribution in [2.75, 3.05) is 0 Å². The zero-order valence-electron chi connectivity index (χ0n) is 13.6. The SMILES string of the molecule is Cc1nn(C)c(C)c1CNCc1ccc(-c2cccc(Br)c2)o1. The van der Waals surface area contributed by atoms with Crippen LogP contribution in [0.4, 0.5) is 0 Å². The molecule has 0 unspecified atom stereocenters. The maximum absolute atomic E-state index is 5.92. The molecule has 0 radical (unpaired) electrons. The molecule has 0 atom stereocenters. The third-order valence-corrected chi connectivity index (χ3v) is 4.52. The fourth-order valence-corrected chi connectivity index (χ4v) is 3.05. The third kappa shape index (κ3) is 3.57. The third-order valence-electron chi connectivity index (χ3n) is 4.03. The van der Waals surface area contributed by atoms with Crippen molar-refractivity contribution in [3.05, 3.63) is 63.6 Å². The molecule has 4 nitrogen and oxygen atoms in total. The van der Waals surface area contributed by atoms with Gasteiger partial charge in [0.25, 0.3) is 0 Å². The molecule has 0 amide bonds. The summed E-state index contributed by atoms with van der Waals surface area (Å²) in [5.41, 5.74) is 4.60. The molecule has 0 aliphatic carbocycles. The van der Waals surface area contributed by atoms with E-state index in [0.29, 0.717) is 6.54 Å². The van der Waals surface area contributed by atoms with Gasteiger partial charge in [-0.05, 0) is 38.1 Å². The highest BCUT2D eigenvalue weighted by Gasteiger charge is 2.09. The number of hydrogen-bond acceptors (Lipinski definition) is 3. The van der Waals surface area contributed by atoms with Gasteiger partial charge in [-0.2, -0.15) is 5.10 Å². The first-order valence-electron chi connectivity index (χ1n) is 7.59. The Balaban J connectivity index is 1.64. The van der Waals surface area contributed by atoms with Crippen LogP contribution in [-0.4, -0.2) is 9.78 Å². The van der Waals surface area contributed by atoms with Crippen LogP contribution >= 0.6 is 15.9 Å². The number of aromatic nitrogens is 2. The molecule has 0 bridgehead atoms. The molecule has 120 valence electrons. The number of hydrogen-bond donors (Lipinski definition) is 1. The molecule has 2 aromatic heterocycles. The molecule has 3 aromatic rings. The highest BCUT2D eigenvalue weighted by molar-refractivity contribution is 9.10. The number of halogens is 1. The highest BCUT2D eigenvalue weighted by Crippen LogP contribution is 2.25. The predicted octanol–water partition coefficient (Wildman–Crippen LogP) is 4.35. The molecular weight excluding hydrogens is 354 g/mol. The average molecular weight is 374 g/mol. The van der Waals surface area contributed by atoms with Gasteiger partial charge in [-0.1, -0.05) is 28.1 Å². The van der Waals surface area contributed by atoms with Gasteiger partial charge in [0.05, 0.1) is 12.2 Å². The Bertz CT molecular complexity index is 820. The molecule has 2 heterocycles. The number of benzene rings is 1. The van der Waals surface area contributed by atoms with E-state index in [0.717, 1.165) is 33.8 Å². The van der Waals surface area contributed by atoms with Crippen molar-refractivity contribution in [2.24, 2.45) is 7.05 Å². The van der Waals surface area contributed by atoms with Crippen LogP contribution < -0.4 is 5.32 Å². The first kappa shape index (κ1) is 16.0. The van der Waals surface area contributed by atoms with Crippen LogP contribution in [0, 0.1) is 13.8 Å². The molecule has 3 rings (SSSR count). The number of rotatable bonds is 5. The van der Waals surface area contributed by atoms with E-state index in [2.05, 4.69) is 39.3 Å². The summed E-state index contributed by atoms with van der Waals surface area (Å²) in [5.74, 6) is 1.82. The van der Waals surface area contributed by atoms with E-state index in [4.69, 9.17) is 4.42 Å². The lowest BCUT2D eigenvalue weighted by atomic mass is 10.2. The van der Waals surface area contributed by atoms with Crippen LogP contribution in [0.5, 0.6) is 0 Å². The van der Waals surface area contributed by atoms with Crippen LogP contribution in [0.3, 0.4) is 0 Å². The summed E-state index contributed by atoms with van der Waals surface area (Å²) < 4.78 is 8.90. The van der Waals surface area contributed by atoms with Gasteiger partial charge >= 0.3 is 0 Å². The Kier molecular flexibility index (Phi) is 4.68. The van der Waals surface area contributed by atoms with Gasteiger partial charge in [0.15, 0.2) is 0 Å². The van der Waals surface area contributed by atoms with Gasteiger partial charge in [-0.3, -0.25) is 4.68 Å². The predicted molar refractivity (Wildman–Crippen MR) is 95.1 cm³/mol. The molecule has 0 spiro atoms. The molecule has 1 aromatic carbocycles. The zero-order chi connectivity index (χ0) is 16.4.